The van der Waals surface area contributed by atoms with Gasteiger partial charge in [-0.15, -0.1) is 0 Å². The summed E-state index contributed by atoms with van der Waals surface area (Å²) in [5.74, 6) is -0.0270. The maximum Gasteiger partial charge on any atom is 0.276 e. The number of halogens is 1. The summed E-state index contributed by atoms with van der Waals surface area (Å²) in [6.07, 6.45) is 6.09. The van der Waals surface area contributed by atoms with Gasteiger partial charge in [-0.05, 0) is 44.4 Å². The monoisotopic (exact) mass is 426 g/mol. The van der Waals surface area contributed by atoms with E-state index >= 15 is 0 Å². The minimum Gasteiger partial charge on any atom is -0.343 e. The van der Waals surface area contributed by atoms with Crippen LogP contribution in [0.3, 0.4) is 0 Å². The van der Waals surface area contributed by atoms with Gasteiger partial charge in [-0.1, -0.05) is 36.6 Å². The van der Waals surface area contributed by atoms with E-state index in [1.165, 1.54) is 4.68 Å². The molecule has 6 nitrogen and oxygen atoms in total. The Labute approximate surface area is 181 Å². The molecule has 1 aromatic carbocycles. The number of aromatic nitrogens is 3. The highest BCUT2D eigenvalue weighted by Gasteiger charge is 2.20. The number of hydrogen-bond donors (Lipinski definition) is 0. The first-order valence-corrected chi connectivity index (χ1v) is 10.9. The smallest absolute Gasteiger partial charge is 0.276 e. The van der Waals surface area contributed by atoms with Crippen LogP contribution in [-0.4, -0.2) is 38.2 Å². The number of nitrogens with zero attached hydrogens (tertiary/aromatic N) is 4. The molecule has 0 N–H and O–H groups in total. The molecule has 1 saturated heterocycles. The van der Waals surface area contributed by atoms with Crippen molar-refractivity contribution in [2.45, 2.75) is 52.6 Å². The molecule has 3 heterocycles. The Kier molecular flexibility index (Phi) is 5.95. The van der Waals surface area contributed by atoms with Crippen LogP contribution in [-0.2, 0) is 17.9 Å². The van der Waals surface area contributed by atoms with Crippen LogP contribution in [0.2, 0.25) is 5.02 Å². The average molecular weight is 427 g/mol. The topological polar surface area (TPSA) is 60.1 Å². The highest BCUT2D eigenvalue weighted by molar-refractivity contribution is 6.30. The molecule has 0 aliphatic carbocycles. The first kappa shape index (κ1) is 20.7. The molecule has 4 rings (SSSR count). The summed E-state index contributed by atoms with van der Waals surface area (Å²) in [7, 11) is 0. The Bertz CT molecular complexity index is 1120. The van der Waals surface area contributed by atoms with E-state index in [1.54, 1.807) is 6.20 Å². The van der Waals surface area contributed by atoms with Gasteiger partial charge in [0.2, 0.25) is 5.91 Å². The van der Waals surface area contributed by atoms with Gasteiger partial charge in [-0.2, -0.15) is 5.10 Å². The van der Waals surface area contributed by atoms with Gasteiger partial charge in [0.25, 0.3) is 5.56 Å². The number of amides is 1. The summed E-state index contributed by atoms with van der Waals surface area (Å²) in [5, 5.41) is 6.50. The van der Waals surface area contributed by atoms with Crippen molar-refractivity contribution in [2.75, 3.05) is 13.1 Å². The van der Waals surface area contributed by atoms with Crippen molar-refractivity contribution in [3.05, 3.63) is 62.8 Å². The van der Waals surface area contributed by atoms with Crippen LogP contribution < -0.4 is 5.56 Å². The fraction of sp³-hybridized carbons (Fsp3) is 0.435. The van der Waals surface area contributed by atoms with Crippen LogP contribution in [0.15, 0.2) is 35.3 Å². The molecule has 1 aliphatic rings. The second kappa shape index (κ2) is 8.64. The zero-order chi connectivity index (χ0) is 21.3. The molecule has 0 spiro atoms. The minimum absolute atomic E-state index is 0.00434. The summed E-state index contributed by atoms with van der Waals surface area (Å²) >= 11 is 6.00. The van der Waals surface area contributed by atoms with E-state index < -0.39 is 0 Å². The van der Waals surface area contributed by atoms with Crippen LogP contribution in [0.1, 0.15) is 42.6 Å². The first-order valence-electron chi connectivity index (χ1n) is 10.5. The molecule has 30 heavy (non-hydrogen) atoms. The number of benzene rings is 1. The Morgan fingerprint density at radius 1 is 1.03 bits per heavy atom. The van der Waals surface area contributed by atoms with Crippen LogP contribution in [0.4, 0.5) is 0 Å². The Morgan fingerprint density at radius 3 is 2.37 bits per heavy atom. The van der Waals surface area contributed by atoms with Crippen molar-refractivity contribution in [2.24, 2.45) is 0 Å². The molecule has 3 aromatic rings. The third-order valence-electron chi connectivity index (χ3n) is 6.10. The minimum atomic E-state index is -0.203. The molecule has 1 fully saturated rings. The van der Waals surface area contributed by atoms with E-state index in [-0.39, 0.29) is 18.0 Å². The summed E-state index contributed by atoms with van der Waals surface area (Å²) in [6, 6.07) is 7.71. The predicted octanol–water partition coefficient (Wildman–Crippen LogP) is 3.92. The molecule has 0 radical (unpaired) electrons. The highest BCUT2D eigenvalue weighted by Crippen LogP contribution is 2.23. The van der Waals surface area contributed by atoms with Crippen molar-refractivity contribution in [3.8, 4) is 0 Å². The molecule has 1 aliphatic heterocycles. The fourth-order valence-electron chi connectivity index (χ4n) is 4.31. The number of carbonyl (C=O) groups excluding carboxylic acids is 1. The van der Waals surface area contributed by atoms with E-state index in [9.17, 15) is 9.59 Å². The summed E-state index contributed by atoms with van der Waals surface area (Å²) in [4.78, 5) is 27.8. The largest absolute Gasteiger partial charge is 0.343 e. The molecule has 0 saturated carbocycles. The molecule has 158 valence electrons. The van der Waals surface area contributed by atoms with Gasteiger partial charge in [0.05, 0.1) is 11.6 Å². The number of aryl methyl sites for hydroxylation is 2. The lowest BCUT2D eigenvalue weighted by molar-refractivity contribution is -0.132. The average Bonchev–Trinajstić information content (AvgIpc) is 2.92. The molecular formula is C23H27ClN4O2. The SMILES string of the molecule is Cc1c2cnn(CC(=O)N3CCCCCC3)c(=O)c2c(C)n1Cc1ccc(Cl)cc1. The third-order valence-corrected chi connectivity index (χ3v) is 6.35. The molecule has 7 heteroatoms. The van der Waals surface area contributed by atoms with E-state index in [4.69, 9.17) is 11.6 Å². The summed E-state index contributed by atoms with van der Waals surface area (Å²) < 4.78 is 3.44. The predicted molar refractivity (Wildman–Crippen MR) is 119 cm³/mol. The Hall–Kier alpha value is -2.60. The van der Waals surface area contributed by atoms with Crippen molar-refractivity contribution in [1.82, 2.24) is 19.2 Å². The summed E-state index contributed by atoms with van der Waals surface area (Å²) in [6.45, 7) is 6.13. The second-order valence-electron chi connectivity index (χ2n) is 8.07. The maximum absolute atomic E-state index is 13.2. The highest BCUT2D eigenvalue weighted by atomic mass is 35.5. The van der Waals surface area contributed by atoms with Crippen LogP contribution in [0, 0.1) is 13.8 Å². The van der Waals surface area contributed by atoms with Crippen LogP contribution in [0.25, 0.3) is 10.8 Å². The van der Waals surface area contributed by atoms with Gasteiger partial charge in [-0.3, -0.25) is 9.59 Å². The normalized spacial score (nSPS) is 14.8. The lowest BCUT2D eigenvalue weighted by Gasteiger charge is -2.20. The zero-order valence-corrected chi connectivity index (χ0v) is 18.3. The number of rotatable bonds is 4. The van der Waals surface area contributed by atoms with Crippen molar-refractivity contribution < 1.29 is 4.79 Å². The van der Waals surface area contributed by atoms with E-state index in [0.29, 0.717) is 17.0 Å². The quantitative estimate of drug-likeness (QED) is 0.635. The molecular weight excluding hydrogens is 400 g/mol. The molecule has 0 unspecified atom stereocenters. The van der Waals surface area contributed by atoms with Gasteiger partial charge >= 0.3 is 0 Å². The molecule has 2 aromatic heterocycles. The van der Waals surface area contributed by atoms with Crippen molar-refractivity contribution >= 4 is 28.3 Å². The third kappa shape index (κ3) is 4.01. The Morgan fingerprint density at radius 2 is 1.70 bits per heavy atom. The van der Waals surface area contributed by atoms with Crippen LogP contribution in [0.5, 0.6) is 0 Å². The van der Waals surface area contributed by atoms with Crippen molar-refractivity contribution in [1.29, 1.82) is 0 Å². The Balaban J connectivity index is 1.65. The van der Waals surface area contributed by atoms with Crippen molar-refractivity contribution in [3.63, 3.8) is 0 Å². The van der Waals surface area contributed by atoms with E-state index in [1.807, 2.05) is 43.0 Å². The van der Waals surface area contributed by atoms with E-state index in [2.05, 4.69) is 9.67 Å². The molecule has 0 bridgehead atoms. The zero-order valence-electron chi connectivity index (χ0n) is 17.5. The lowest BCUT2D eigenvalue weighted by Crippen LogP contribution is -2.37. The van der Waals surface area contributed by atoms with Crippen LogP contribution >= 0.6 is 11.6 Å². The van der Waals surface area contributed by atoms with Gasteiger partial charge in [-0.25, -0.2) is 4.68 Å². The van der Waals surface area contributed by atoms with Gasteiger partial charge in [0.15, 0.2) is 0 Å². The number of likely N-dealkylation sites (tertiary alicyclic amines) is 1. The lowest BCUT2D eigenvalue weighted by atomic mass is 10.2. The summed E-state index contributed by atoms with van der Waals surface area (Å²) in [5.41, 5.74) is 2.79. The fourth-order valence-corrected chi connectivity index (χ4v) is 4.44. The van der Waals surface area contributed by atoms with E-state index in [0.717, 1.165) is 61.1 Å². The number of fused-ring (bicyclic) bond motifs is 1. The first-order chi connectivity index (χ1) is 14.5. The molecule has 1 amide bonds. The van der Waals surface area contributed by atoms with Gasteiger partial charge in [0.1, 0.15) is 6.54 Å². The number of hydrogen-bond acceptors (Lipinski definition) is 3. The maximum atomic E-state index is 13.2. The second-order valence-corrected chi connectivity index (χ2v) is 8.51. The van der Waals surface area contributed by atoms with Gasteiger partial charge in [0, 0.05) is 41.4 Å². The van der Waals surface area contributed by atoms with Gasteiger partial charge < -0.3 is 9.47 Å². The number of carbonyl (C=O) groups is 1. The standard InChI is InChI=1S/C23H27ClN4O2/c1-16-20-13-25-28(15-21(29)26-11-5-3-4-6-12-26)23(30)22(20)17(2)27(16)14-18-7-9-19(24)10-8-18/h7-10,13H,3-6,11-12,14-15H2,1-2H3. The molecule has 0 atom stereocenters.